The predicted octanol–water partition coefficient (Wildman–Crippen LogP) is 6.98. The van der Waals surface area contributed by atoms with Gasteiger partial charge in [-0.2, -0.15) is 18.3 Å². The highest BCUT2D eigenvalue weighted by Gasteiger charge is 2.34. The van der Waals surface area contributed by atoms with Crippen LogP contribution in [0.5, 0.6) is 0 Å². The quantitative estimate of drug-likeness (QED) is 0.342. The molecule has 2 aromatic heterocycles. The molecule has 0 aliphatic carbocycles. The van der Waals surface area contributed by atoms with Crippen LogP contribution in [0.3, 0.4) is 0 Å². The average Bonchev–Trinajstić information content (AvgIpc) is 3.09. The number of nitrogens with zero attached hydrogens (tertiary/aromatic N) is 3. The smallest absolute Gasteiger partial charge is 0.322 e. The van der Waals surface area contributed by atoms with Crippen molar-refractivity contribution in [3.63, 3.8) is 0 Å². The monoisotopic (exact) mass is 527 g/mol. The predicted molar refractivity (Wildman–Crippen MR) is 105 cm³/mol. The van der Waals surface area contributed by atoms with Gasteiger partial charge in [0.2, 0.25) is 0 Å². The normalized spacial score (nSPS) is 12.0. The van der Waals surface area contributed by atoms with E-state index in [2.05, 4.69) is 37.0 Å². The van der Waals surface area contributed by atoms with E-state index < -0.39 is 5.51 Å². The van der Waals surface area contributed by atoms with Crippen LogP contribution < -0.4 is 0 Å². The van der Waals surface area contributed by atoms with E-state index >= 15 is 0 Å². The van der Waals surface area contributed by atoms with E-state index in [0.29, 0.717) is 19.8 Å². The molecule has 3 aromatic rings. The first-order valence-electron chi connectivity index (χ1n) is 7.19. The van der Waals surface area contributed by atoms with Crippen molar-refractivity contribution >= 4 is 55.2 Å². The second-order valence-electron chi connectivity index (χ2n) is 5.50. The molecule has 0 unspecified atom stereocenters. The molecule has 0 radical (unpaired) electrons. The first-order chi connectivity index (χ1) is 12.1. The van der Waals surface area contributed by atoms with Gasteiger partial charge in [0.25, 0.3) is 0 Å². The molecule has 0 fully saturated rings. The van der Waals surface area contributed by atoms with Crippen molar-refractivity contribution in [1.82, 2.24) is 14.3 Å². The minimum absolute atomic E-state index is 0.0405. The van der Waals surface area contributed by atoms with Gasteiger partial charge in [0.15, 0.2) is 0 Å². The van der Waals surface area contributed by atoms with E-state index in [-0.39, 0.29) is 16.8 Å². The molecule has 26 heavy (non-hydrogen) atoms. The van der Waals surface area contributed by atoms with Gasteiger partial charge in [0.05, 0.1) is 15.1 Å². The maximum Gasteiger partial charge on any atom is 0.447 e. The van der Waals surface area contributed by atoms with Crippen LogP contribution in [0.15, 0.2) is 44.6 Å². The molecule has 10 heteroatoms. The van der Waals surface area contributed by atoms with Crippen LogP contribution in [0.1, 0.15) is 5.56 Å². The summed E-state index contributed by atoms with van der Waals surface area (Å²) < 4.78 is 42.3. The van der Waals surface area contributed by atoms with Gasteiger partial charge in [-0.1, -0.05) is 17.7 Å². The Morgan fingerprint density at radius 1 is 1.15 bits per heavy atom. The van der Waals surface area contributed by atoms with Gasteiger partial charge in [-0.15, -0.1) is 0 Å². The van der Waals surface area contributed by atoms with Gasteiger partial charge >= 0.3 is 5.51 Å². The van der Waals surface area contributed by atoms with Gasteiger partial charge < -0.3 is 4.57 Å². The van der Waals surface area contributed by atoms with Crippen molar-refractivity contribution in [1.29, 1.82) is 0 Å². The Labute approximate surface area is 173 Å². The van der Waals surface area contributed by atoms with E-state index in [4.69, 9.17) is 11.6 Å². The zero-order chi connectivity index (χ0) is 19.2. The number of halogens is 6. The van der Waals surface area contributed by atoms with Gasteiger partial charge in [0.1, 0.15) is 10.8 Å². The van der Waals surface area contributed by atoms with Crippen LogP contribution in [0.25, 0.3) is 16.9 Å². The van der Waals surface area contributed by atoms with Crippen molar-refractivity contribution < 1.29 is 13.2 Å². The lowest BCUT2D eigenvalue weighted by Gasteiger charge is -2.09. The number of thioether (sulfide) groups is 1. The molecule has 3 rings (SSSR count). The third-order valence-corrected chi connectivity index (χ3v) is 7.35. The summed E-state index contributed by atoms with van der Waals surface area (Å²) in [6.07, 6.45) is 3.42. The number of aryl methyl sites for hydroxylation is 1. The highest BCUT2D eigenvalue weighted by atomic mass is 79.9. The van der Waals surface area contributed by atoms with E-state index in [1.807, 2.05) is 19.1 Å². The fraction of sp³-hybridized carbons (Fsp3) is 0.188. The van der Waals surface area contributed by atoms with E-state index in [1.165, 1.54) is 9.25 Å². The first kappa shape index (κ1) is 19.9. The largest absolute Gasteiger partial charge is 0.447 e. The maximum atomic E-state index is 12.8. The Balaban J connectivity index is 2.04. The summed E-state index contributed by atoms with van der Waals surface area (Å²) >= 11 is 12.5. The van der Waals surface area contributed by atoms with Crippen molar-refractivity contribution in [2.45, 2.75) is 17.5 Å². The summed E-state index contributed by atoms with van der Waals surface area (Å²) in [5, 5.41) is 5.02. The van der Waals surface area contributed by atoms with Crippen LogP contribution in [-0.2, 0) is 7.05 Å². The van der Waals surface area contributed by atoms with Gasteiger partial charge in [0, 0.05) is 35.6 Å². The lowest BCUT2D eigenvalue weighted by Crippen LogP contribution is -2.06. The Kier molecular flexibility index (Phi) is 5.54. The summed E-state index contributed by atoms with van der Waals surface area (Å²) in [7, 11) is 1.56. The number of benzene rings is 1. The summed E-state index contributed by atoms with van der Waals surface area (Å²) in [5.41, 5.74) is -1.70. The number of alkyl halides is 3. The molecule has 0 amide bonds. The molecule has 3 nitrogen and oxygen atoms in total. The van der Waals surface area contributed by atoms with Crippen LogP contribution in [0.2, 0.25) is 5.02 Å². The molecule has 1 aromatic carbocycles. The van der Waals surface area contributed by atoms with Crippen molar-refractivity contribution in [3.8, 4) is 16.9 Å². The highest BCUT2D eigenvalue weighted by Crippen LogP contribution is 2.46. The van der Waals surface area contributed by atoms with Crippen molar-refractivity contribution in [2.24, 2.45) is 7.05 Å². The molecule has 0 aliphatic heterocycles. The zero-order valence-corrected chi connectivity index (χ0v) is 18.1. The summed E-state index contributed by atoms with van der Waals surface area (Å²) in [4.78, 5) is 0. The lowest BCUT2D eigenvalue weighted by atomic mass is 10.1. The van der Waals surface area contributed by atoms with Gasteiger partial charge in [-0.25, -0.2) is 4.68 Å². The Hall–Kier alpha value is -0.900. The number of rotatable bonds is 3. The van der Waals surface area contributed by atoms with Crippen LogP contribution >= 0.6 is 55.2 Å². The third kappa shape index (κ3) is 3.85. The molecular formula is C16H11Br2ClF3N3S. The molecule has 0 bridgehead atoms. The molecule has 0 spiro atoms. The first-order valence-corrected chi connectivity index (χ1v) is 9.97. The molecule has 0 aliphatic rings. The van der Waals surface area contributed by atoms with Crippen LogP contribution in [0.4, 0.5) is 13.2 Å². The Bertz CT molecular complexity index is 982. The fourth-order valence-corrected chi connectivity index (χ4v) is 4.68. The van der Waals surface area contributed by atoms with E-state index in [0.717, 1.165) is 16.7 Å². The average molecular weight is 530 g/mol. The third-order valence-electron chi connectivity index (χ3n) is 3.70. The Morgan fingerprint density at radius 3 is 2.46 bits per heavy atom. The molecule has 2 heterocycles. The van der Waals surface area contributed by atoms with Crippen LogP contribution in [-0.4, -0.2) is 19.9 Å². The van der Waals surface area contributed by atoms with Crippen molar-refractivity contribution in [2.75, 3.05) is 0 Å². The lowest BCUT2D eigenvalue weighted by molar-refractivity contribution is -0.0330. The number of aromatic nitrogens is 3. The second kappa shape index (κ2) is 7.26. The van der Waals surface area contributed by atoms with Gasteiger partial charge in [-0.3, -0.25) is 0 Å². The maximum absolute atomic E-state index is 12.8. The molecule has 138 valence electrons. The number of hydrogen-bond donors (Lipinski definition) is 0. The van der Waals surface area contributed by atoms with Crippen LogP contribution in [0, 0.1) is 6.92 Å². The highest BCUT2D eigenvalue weighted by molar-refractivity contribution is 9.13. The molecule has 0 atom stereocenters. The van der Waals surface area contributed by atoms with Crippen molar-refractivity contribution in [3.05, 3.63) is 50.1 Å². The van der Waals surface area contributed by atoms with Gasteiger partial charge in [-0.05, 0) is 62.0 Å². The molecule has 0 saturated carbocycles. The zero-order valence-electron chi connectivity index (χ0n) is 13.4. The molecule has 0 N–H and O–H groups in total. The number of hydrogen-bond acceptors (Lipinski definition) is 2. The summed E-state index contributed by atoms with van der Waals surface area (Å²) in [6, 6.07) is 5.61. The minimum Gasteiger partial charge on any atom is -0.322 e. The van der Waals surface area contributed by atoms with E-state index in [1.54, 1.807) is 25.5 Å². The summed E-state index contributed by atoms with van der Waals surface area (Å²) in [6.45, 7) is 1.90. The standard InChI is InChI=1S/C16H11Br2ClF3N3S/c1-8-5-9(3-4-11(8)19)10-6-23-25(7-10)14-12(17)13(18)15(24(14)2)26-16(20,21)22/h3-7H,1-2H3. The minimum atomic E-state index is -4.39. The fourth-order valence-electron chi connectivity index (χ4n) is 2.47. The Morgan fingerprint density at radius 2 is 1.85 bits per heavy atom. The summed E-state index contributed by atoms with van der Waals surface area (Å²) in [5.74, 6) is 0.487. The topological polar surface area (TPSA) is 22.8 Å². The molecular weight excluding hydrogens is 519 g/mol. The second-order valence-corrected chi connectivity index (χ2v) is 8.55. The SMILES string of the molecule is Cc1cc(-c2cnn(-c3c(Br)c(Br)c(SC(F)(F)F)n3C)c2)ccc1Cl. The molecule has 0 saturated heterocycles. The van der Waals surface area contributed by atoms with E-state index in [9.17, 15) is 13.2 Å².